The molecule has 0 aliphatic heterocycles. The number of esters is 1. The average Bonchev–Trinajstić information content (AvgIpc) is 2.58. The van der Waals surface area contributed by atoms with Crippen LogP contribution in [0.2, 0.25) is 0 Å². The van der Waals surface area contributed by atoms with Crippen molar-refractivity contribution in [3.8, 4) is 5.75 Å². The predicted molar refractivity (Wildman–Crippen MR) is 129 cm³/mol. The molecular weight excluding hydrogens is 529 g/mol. The lowest BCUT2D eigenvalue weighted by Crippen LogP contribution is -2.45. The van der Waals surface area contributed by atoms with E-state index in [1.165, 1.54) is 0 Å². The molecule has 32 heavy (non-hydrogen) atoms. The molecular formula is C23H34INO7. The summed E-state index contributed by atoms with van der Waals surface area (Å²) < 4.78 is 21.9. The van der Waals surface area contributed by atoms with Crippen molar-refractivity contribution in [2.75, 3.05) is 6.61 Å². The lowest BCUT2D eigenvalue weighted by atomic mass is 10.1. The average molecular weight is 563 g/mol. The predicted octanol–water partition coefficient (Wildman–Crippen LogP) is 5.24. The molecule has 1 aromatic rings. The highest BCUT2D eigenvalue weighted by Gasteiger charge is 2.27. The van der Waals surface area contributed by atoms with Crippen molar-refractivity contribution in [3.05, 3.63) is 27.3 Å². The van der Waals surface area contributed by atoms with Crippen LogP contribution in [-0.2, 0) is 25.4 Å². The first kappa shape index (κ1) is 28.0. The molecule has 0 aliphatic carbocycles. The number of halogens is 1. The van der Waals surface area contributed by atoms with Crippen LogP contribution in [0.15, 0.2) is 18.2 Å². The molecule has 0 spiro atoms. The Kier molecular flexibility index (Phi) is 10.2. The summed E-state index contributed by atoms with van der Waals surface area (Å²) in [5.41, 5.74) is -0.716. The minimum Gasteiger partial charge on any atom is -0.464 e. The number of nitrogens with one attached hydrogen (secondary N) is 1. The van der Waals surface area contributed by atoms with E-state index in [0.717, 1.165) is 3.57 Å². The molecule has 0 fully saturated rings. The Balaban J connectivity index is 3.04. The summed E-state index contributed by atoms with van der Waals surface area (Å²) in [6, 6.07) is 4.03. The van der Waals surface area contributed by atoms with Gasteiger partial charge in [-0.05, 0) is 93.8 Å². The van der Waals surface area contributed by atoms with E-state index in [0.29, 0.717) is 5.56 Å². The highest BCUT2D eigenvalue weighted by Crippen LogP contribution is 2.23. The summed E-state index contributed by atoms with van der Waals surface area (Å²) in [6.07, 6.45) is -1.43. The molecule has 0 heterocycles. The number of amides is 1. The van der Waals surface area contributed by atoms with Crippen molar-refractivity contribution in [1.29, 1.82) is 0 Å². The van der Waals surface area contributed by atoms with E-state index in [2.05, 4.69) is 27.9 Å². The Morgan fingerprint density at radius 3 is 2.12 bits per heavy atom. The van der Waals surface area contributed by atoms with E-state index in [4.69, 9.17) is 18.9 Å². The highest BCUT2D eigenvalue weighted by molar-refractivity contribution is 14.1. The van der Waals surface area contributed by atoms with E-state index in [1.807, 2.05) is 13.8 Å². The highest BCUT2D eigenvalue weighted by atomic mass is 127. The smallest absolute Gasteiger partial charge is 0.464 e. The molecule has 1 N–H and O–H groups in total. The zero-order valence-corrected chi connectivity index (χ0v) is 22.2. The van der Waals surface area contributed by atoms with Crippen LogP contribution in [0.4, 0.5) is 9.59 Å². The fraction of sp³-hybridized carbons (Fsp3) is 0.609. The van der Waals surface area contributed by atoms with Crippen molar-refractivity contribution in [2.24, 2.45) is 5.92 Å². The minimum atomic E-state index is -0.978. The van der Waals surface area contributed by atoms with Gasteiger partial charge in [0.25, 0.3) is 0 Å². The van der Waals surface area contributed by atoms with Crippen molar-refractivity contribution >= 4 is 40.8 Å². The van der Waals surface area contributed by atoms with Crippen LogP contribution in [0.25, 0.3) is 0 Å². The van der Waals surface area contributed by atoms with Gasteiger partial charge in [0.2, 0.25) is 0 Å². The van der Waals surface area contributed by atoms with Crippen LogP contribution in [0.1, 0.15) is 61.0 Å². The normalized spacial score (nSPS) is 12.7. The molecule has 0 saturated heterocycles. The van der Waals surface area contributed by atoms with Gasteiger partial charge in [-0.25, -0.2) is 14.4 Å². The maximum absolute atomic E-state index is 12.7. The molecule has 1 atom stereocenters. The standard InChI is InChI=1S/C23H34INO7/c1-14(2)13-29-19(26)18(25-20(27)31-22(3,4)5)12-15-11-16(9-10-17(15)24)30-21(28)32-23(6,7)8/h9-11,14,18H,12-13H2,1-8H3,(H,25,27)/t18-/m0/s1. The van der Waals surface area contributed by atoms with Gasteiger partial charge in [0, 0.05) is 9.99 Å². The third-order valence-corrected chi connectivity index (χ3v) is 4.62. The zero-order valence-electron chi connectivity index (χ0n) is 20.0. The van der Waals surface area contributed by atoms with Gasteiger partial charge < -0.3 is 24.3 Å². The van der Waals surface area contributed by atoms with Crippen LogP contribution in [0.5, 0.6) is 5.75 Å². The molecule has 0 radical (unpaired) electrons. The number of carbonyl (C=O) groups excluding carboxylic acids is 3. The van der Waals surface area contributed by atoms with Crippen LogP contribution >= 0.6 is 22.6 Å². The Labute approximate surface area is 203 Å². The fourth-order valence-electron chi connectivity index (χ4n) is 2.35. The van der Waals surface area contributed by atoms with Crippen LogP contribution in [0, 0.1) is 9.49 Å². The third-order valence-electron chi connectivity index (χ3n) is 3.57. The second-order valence-corrected chi connectivity index (χ2v) is 10.9. The zero-order chi connectivity index (χ0) is 24.7. The van der Waals surface area contributed by atoms with Gasteiger partial charge in [0.15, 0.2) is 0 Å². The molecule has 0 aliphatic rings. The number of alkyl carbamates (subject to hydrolysis) is 1. The maximum Gasteiger partial charge on any atom is 0.514 e. The van der Waals surface area contributed by atoms with Gasteiger partial charge in [-0.2, -0.15) is 0 Å². The number of benzene rings is 1. The second kappa shape index (κ2) is 11.7. The van der Waals surface area contributed by atoms with Crippen LogP contribution in [-0.4, -0.2) is 42.1 Å². The van der Waals surface area contributed by atoms with Crippen LogP contribution < -0.4 is 10.1 Å². The van der Waals surface area contributed by atoms with E-state index < -0.39 is 35.5 Å². The van der Waals surface area contributed by atoms with Gasteiger partial charge in [-0.15, -0.1) is 0 Å². The van der Waals surface area contributed by atoms with E-state index in [1.54, 1.807) is 59.7 Å². The molecule has 0 bridgehead atoms. The Hall–Kier alpha value is -2.04. The van der Waals surface area contributed by atoms with Crippen molar-refractivity contribution < 1.29 is 33.3 Å². The Morgan fingerprint density at radius 2 is 1.59 bits per heavy atom. The number of hydrogen-bond donors (Lipinski definition) is 1. The first-order valence-electron chi connectivity index (χ1n) is 10.4. The summed E-state index contributed by atoms with van der Waals surface area (Å²) in [5, 5.41) is 2.59. The summed E-state index contributed by atoms with van der Waals surface area (Å²) in [5.74, 6) is -0.160. The maximum atomic E-state index is 12.7. The van der Waals surface area contributed by atoms with Crippen molar-refractivity contribution in [3.63, 3.8) is 0 Å². The monoisotopic (exact) mass is 563 g/mol. The molecule has 180 valence electrons. The van der Waals surface area contributed by atoms with Gasteiger partial charge in [0.05, 0.1) is 6.61 Å². The molecule has 8 nitrogen and oxygen atoms in total. The van der Waals surface area contributed by atoms with Gasteiger partial charge in [-0.1, -0.05) is 13.8 Å². The Morgan fingerprint density at radius 1 is 1.00 bits per heavy atom. The second-order valence-electron chi connectivity index (χ2n) is 9.75. The van der Waals surface area contributed by atoms with Crippen molar-refractivity contribution in [2.45, 2.75) is 79.1 Å². The molecule has 1 rings (SSSR count). The SMILES string of the molecule is CC(C)COC(=O)[C@H](Cc1cc(OC(=O)OC(C)(C)C)ccc1I)NC(=O)OC(C)(C)C. The molecule has 0 saturated carbocycles. The number of ether oxygens (including phenoxy) is 4. The number of carbonyl (C=O) groups is 3. The summed E-state index contributed by atoms with van der Waals surface area (Å²) >= 11 is 2.11. The molecule has 1 amide bonds. The molecule has 0 unspecified atom stereocenters. The van der Waals surface area contributed by atoms with Crippen molar-refractivity contribution in [1.82, 2.24) is 5.32 Å². The molecule has 1 aromatic carbocycles. The molecule has 9 heteroatoms. The minimum absolute atomic E-state index is 0.125. The fourth-order valence-corrected chi connectivity index (χ4v) is 2.91. The number of rotatable bonds is 7. The summed E-state index contributed by atoms with van der Waals surface area (Å²) in [4.78, 5) is 37.0. The van der Waals surface area contributed by atoms with E-state index in [9.17, 15) is 14.4 Å². The number of hydrogen-bond acceptors (Lipinski definition) is 7. The summed E-state index contributed by atoms with van der Waals surface area (Å²) in [6.45, 7) is 14.5. The van der Waals surface area contributed by atoms with Gasteiger partial charge >= 0.3 is 18.2 Å². The largest absolute Gasteiger partial charge is 0.514 e. The first-order chi connectivity index (χ1) is 14.6. The lowest BCUT2D eigenvalue weighted by molar-refractivity contribution is -0.147. The quantitative estimate of drug-likeness (QED) is 0.210. The van der Waals surface area contributed by atoms with E-state index in [-0.39, 0.29) is 24.7 Å². The van der Waals surface area contributed by atoms with Gasteiger partial charge in [0.1, 0.15) is 23.0 Å². The van der Waals surface area contributed by atoms with Gasteiger partial charge in [-0.3, -0.25) is 0 Å². The Bertz CT molecular complexity index is 810. The summed E-state index contributed by atoms with van der Waals surface area (Å²) in [7, 11) is 0. The third kappa shape index (κ3) is 11.5. The first-order valence-corrected chi connectivity index (χ1v) is 11.5. The van der Waals surface area contributed by atoms with E-state index >= 15 is 0 Å². The lowest BCUT2D eigenvalue weighted by Gasteiger charge is -2.23. The topological polar surface area (TPSA) is 100 Å². The van der Waals surface area contributed by atoms with Crippen LogP contribution in [0.3, 0.4) is 0 Å². The molecule has 0 aromatic heterocycles.